The standard InChI is InChI=1S/C11H13NO2/c13-10-3-1-2-7-8-6-14-5-4-9(8)12-11(7)10/h1-3,8-9,12-13H,4-6H2. The van der Waals surface area contributed by atoms with E-state index in [4.69, 9.17) is 4.74 Å². The smallest absolute Gasteiger partial charge is 0.138 e. The van der Waals surface area contributed by atoms with Crippen LogP contribution in [0.5, 0.6) is 5.75 Å². The van der Waals surface area contributed by atoms with Gasteiger partial charge in [-0.3, -0.25) is 0 Å². The summed E-state index contributed by atoms with van der Waals surface area (Å²) >= 11 is 0. The van der Waals surface area contributed by atoms with Crippen LogP contribution in [0.25, 0.3) is 0 Å². The van der Waals surface area contributed by atoms with Crippen LogP contribution in [-0.2, 0) is 4.74 Å². The zero-order chi connectivity index (χ0) is 9.54. The highest BCUT2D eigenvalue weighted by Crippen LogP contribution is 2.43. The highest BCUT2D eigenvalue weighted by atomic mass is 16.5. The molecule has 1 aromatic carbocycles. The minimum absolute atomic E-state index is 0.358. The van der Waals surface area contributed by atoms with E-state index < -0.39 is 0 Å². The molecule has 0 spiro atoms. The first-order valence-corrected chi connectivity index (χ1v) is 5.02. The van der Waals surface area contributed by atoms with Crippen LogP contribution in [-0.4, -0.2) is 24.4 Å². The van der Waals surface area contributed by atoms with Gasteiger partial charge in [0.25, 0.3) is 0 Å². The van der Waals surface area contributed by atoms with Crippen LogP contribution >= 0.6 is 0 Å². The van der Waals surface area contributed by atoms with Crippen LogP contribution < -0.4 is 5.32 Å². The lowest BCUT2D eigenvalue weighted by Crippen LogP contribution is -2.30. The Hall–Kier alpha value is -1.22. The van der Waals surface area contributed by atoms with Crippen LogP contribution in [0.15, 0.2) is 18.2 Å². The molecule has 14 heavy (non-hydrogen) atoms. The fraction of sp³-hybridized carbons (Fsp3) is 0.455. The fourth-order valence-electron chi connectivity index (χ4n) is 2.43. The Morgan fingerprint density at radius 1 is 1.43 bits per heavy atom. The molecule has 3 rings (SSSR count). The van der Waals surface area contributed by atoms with Gasteiger partial charge in [0.15, 0.2) is 0 Å². The van der Waals surface area contributed by atoms with E-state index in [0.29, 0.717) is 17.7 Å². The molecule has 1 saturated heterocycles. The number of benzene rings is 1. The lowest BCUT2D eigenvalue weighted by Gasteiger charge is -2.25. The van der Waals surface area contributed by atoms with E-state index in [1.165, 1.54) is 5.56 Å². The summed E-state index contributed by atoms with van der Waals surface area (Å²) in [4.78, 5) is 0. The molecule has 0 bridgehead atoms. The molecule has 74 valence electrons. The number of anilines is 1. The van der Waals surface area contributed by atoms with Gasteiger partial charge in [0.1, 0.15) is 5.75 Å². The molecule has 2 heterocycles. The number of hydrogen-bond donors (Lipinski definition) is 2. The highest BCUT2D eigenvalue weighted by molar-refractivity contribution is 5.67. The average Bonchev–Trinajstić information content (AvgIpc) is 2.59. The largest absolute Gasteiger partial charge is 0.506 e. The number of rotatable bonds is 0. The molecule has 3 nitrogen and oxygen atoms in total. The first-order chi connectivity index (χ1) is 6.86. The normalized spacial score (nSPS) is 29.1. The predicted octanol–water partition coefficient (Wildman–Crippen LogP) is 1.69. The highest BCUT2D eigenvalue weighted by Gasteiger charge is 2.35. The molecule has 2 atom stereocenters. The Morgan fingerprint density at radius 3 is 3.29 bits per heavy atom. The molecule has 0 radical (unpaired) electrons. The molecule has 2 N–H and O–H groups in total. The van der Waals surface area contributed by atoms with Crippen molar-refractivity contribution in [2.75, 3.05) is 18.5 Å². The fourth-order valence-corrected chi connectivity index (χ4v) is 2.43. The van der Waals surface area contributed by atoms with Gasteiger partial charge in [0.05, 0.1) is 12.3 Å². The van der Waals surface area contributed by atoms with E-state index in [-0.39, 0.29) is 0 Å². The molecular formula is C11H13NO2. The second-order valence-electron chi connectivity index (χ2n) is 3.96. The van der Waals surface area contributed by atoms with Crippen LogP contribution in [0.4, 0.5) is 5.69 Å². The van der Waals surface area contributed by atoms with Gasteiger partial charge >= 0.3 is 0 Å². The molecule has 2 unspecified atom stereocenters. The van der Waals surface area contributed by atoms with E-state index in [0.717, 1.165) is 25.3 Å². The number of hydrogen-bond acceptors (Lipinski definition) is 3. The number of fused-ring (bicyclic) bond motifs is 3. The molecule has 1 fully saturated rings. The van der Waals surface area contributed by atoms with E-state index in [9.17, 15) is 5.11 Å². The minimum Gasteiger partial charge on any atom is -0.506 e. The number of aromatic hydroxyl groups is 1. The van der Waals surface area contributed by atoms with Gasteiger partial charge in [-0.25, -0.2) is 0 Å². The topological polar surface area (TPSA) is 41.5 Å². The quantitative estimate of drug-likeness (QED) is 0.613. The van der Waals surface area contributed by atoms with Gasteiger partial charge in [-0.15, -0.1) is 0 Å². The molecule has 0 aliphatic carbocycles. The average molecular weight is 191 g/mol. The molecule has 2 aliphatic rings. The van der Waals surface area contributed by atoms with E-state index >= 15 is 0 Å². The van der Waals surface area contributed by atoms with Crippen molar-refractivity contribution in [3.8, 4) is 5.75 Å². The van der Waals surface area contributed by atoms with Crippen molar-refractivity contribution in [1.82, 2.24) is 0 Å². The summed E-state index contributed by atoms with van der Waals surface area (Å²) in [7, 11) is 0. The third-order valence-electron chi connectivity index (χ3n) is 3.16. The first kappa shape index (κ1) is 8.12. The summed E-state index contributed by atoms with van der Waals surface area (Å²) < 4.78 is 5.46. The van der Waals surface area contributed by atoms with Crippen LogP contribution in [0.2, 0.25) is 0 Å². The van der Waals surface area contributed by atoms with Crippen LogP contribution in [0.1, 0.15) is 17.9 Å². The van der Waals surface area contributed by atoms with Gasteiger partial charge in [-0.2, -0.15) is 0 Å². The number of phenols is 1. The summed E-state index contributed by atoms with van der Waals surface area (Å²) in [5.41, 5.74) is 2.11. The second kappa shape index (κ2) is 2.89. The maximum atomic E-state index is 9.68. The number of ether oxygens (including phenoxy) is 1. The summed E-state index contributed by atoms with van der Waals surface area (Å²) in [6.07, 6.45) is 1.03. The number of para-hydroxylation sites is 1. The van der Waals surface area contributed by atoms with Crippen molar-refractivity contribution in [3.05, 3.63) is 23.8 Å². The van der Waals surface area contributed by atoms with Crippen molar-refractivity contribution >= 4 is 5.69 Å². The maximum absolute atomic E-state index is 9.68. The van der Waals surface area contributed by atoms with E-state index in [1.54, 1.807) is 6.07 Å². The zero-order valence-electron chi connectivity index (χ0n) is 7.86. The first-order valence-electron chi connectivity index (χ1n) is 5.02. The van der Waals surface area contributed by atoms with Crippen molar-refractivity contribution in [2.45, 2.75) is 18.4 Å². The summed E-state index contributed by atoms with van der Waals surface area (Å²) in [5.74, 6) is 0.780. The van der Waals surface area contributed by atoms with Gasteiger partial charge in [0, 0.05) is 18.6 Å². The molecule has 1 aromatic rings. The van der Waals surface area contributed by atoms with Crippen molar-refractivity contribution in [3.63, 3.8) is 0 Å². The number of nitrogens with one attached hydrogen (secondary N) is 1. The Labute approximate surface area is 82.7 Å². The third kappa shape index (κ3) is 1.02. The lowest BCUT2D eigenvalue weighted by atomic mass is 9.92. The Morgan fingerprint density at radius 2 is 2.36 bits per heavy atom. The van der Waals surface area contributed by atoms with Crippen molar-refractivity contribution in [1.29, 1.82) is 0 Å². The maximum Gasteiger partial charge on any atom is 0.138 e. The molecule has 2 aliphatic heterocycles. The molecule has 3 heteroatoms. The van der Waals surface area contributed by atoms with Crippen LogP contribution in [0.3, 0.4) is 0 Å². The SMILES string of the molecule is Oc1cccc2c1NC1CCOCC21. The van der Waals surface area contributed by atoms with Gasteiger partial charge in [-0.05, 0) is 18.1 Å². The molecule has 0 amide bonds. The molecule has 0 saturated carbocycles. The Balaban J connectivity index is 2.05. The van der Waals surface area contributed by atoms with Crippen LogP contribution in [0, 0.1) is 0 Å². The van der Waals surface area contributed by atoms with Gasteiger partial charge < -0.3 is 15.2 Å². The van der Waals surface area contributed by atoms with Crippen molar-refractivity contribution < 1.29 is 9.84 Å². The molecule has 0 aromatic heterocycles. The van der Waals surface area contributed by atoms with E-state index in [1.807, 2.05) is 6.07 Å². The number of phenolic OH excluding ortho intramolecular Hbond substituents is 1. The summed E-state index contributed by atoms with van der Waals surface area (Å²) in [5, 5.41) is 13.0. The molecular weight excluding hydrogens is 178 g/mol. The Kier molecular flexibility index (Phi) is 1.67. The predicted molar refractivity (Wildman–Crippen MR) is 53.7 cm³/mol. The lowest BCUT2D eigenvalue weighted by molar-refractivity contribution is 0.0769. The van der Waals surface area contributed by atoms with Gasteiger partial charge in [0.2, 0.25) is 0 Å². The van der Waals surface area contributed by atoms with Crippen molar-refractivity contribution in [2.24, 2.45) is 0 Å². The van der Waals surface area contributed by atoms with E-state index in [2.05, 4.69) is 11.4 Å². The summed E-state index contributed by atoms with van der Waals surface area (Å²) in [6, 6.07) is 6.14. The minimum atomic E-state index is 0.358. The monoisotopic (exact) mass is 191 g/mol. The van der Waals surface area contributed by atoms with Gasteiger partial charge in [-0.1, -0.05) is 12.1 Å². The third-order valence-corrected chi connectivity index (χ3v) is 3.16. The Bertz CT molecular complexity index is 364. The summed E-state index contributed by atoms with van der Waals surface area (Å²) in [6.45, 7) is 1.59. The zero-order valence-corrected chi connectivity index (χ0v) is 7.86. The second-order valence-corrected chi connectivity index (χ2v) is 3.96.